The van der Waals surface area contributed by atoms with Gasteiger partial charge in [0.25, 0.3) is 0 Å². The molecule has 2 atom stereocenters. The van der Waals surface area contributed by atoms with Crippen LogP contribution in [-0.2, 0) is 0 Å². The van der Waals surface area contributed by atoms with Crippen molar-refractivity contribution < 1.29 is 10.0 Å². The number of nitrogens with zero attached hydrogens (tertiary/aromatic N) is 1. The standard InChI is InChI=1S/C11H12Cl2N2O2/c12-11(13)8(6-15(17)10(14)16)9(11)7-4-2-1-3-5-7/h1-5,8-9,17H,6H2,(H2,14,16). The summed E-state index contributed by atoms with van der Waals surface area (Å²) >= 11 is 12.3. The van der Waals surface area contributed by atoms with Crippen molar-refractivity contribution in [3.8, 4) is 0 Å². The summed E-state index contributed by atoms with van der Waals surface area (Å²) in [5.41, 5.74) is 5.92. The van der Waals surface area contributed by atoms with Crippen molar-refractivity contribution >= 4 is 29.2 Å². The molecule has 0 aromatic heterocycles. The molecule has 1 aromatic rings. The topological polar surface area (TPSA) is 66.6 Å². The number of alkyl halides is 2. The summed E-state index contributed by atoms with van der Waals surface area (Å²) in [4.78, 5) is 10.7. The lowest BCUT2D eigenvalue weighted by molar-refractivity contribution is -0.0433. The zero-order valence-electron chi connectivity index (χ0n) is 8.88. The maximum Gasteiger partial charge on any atom is 0.338 e. The van der Waals surface area contributed by atoms with Crippen LogP contribution >= 0.6 is 23.2 Å². The van der Waals surface area contributed by atoms with E-state index in [0.29, 0.717) is 5.06 Å². The van der Waals surface area contributed by atoms with Crippen LogP contribution in [-0.4, -0.2) is 27.2 Å². The molecule has 1 aliphatic rings. The normalized spacial score (nSPS) is 25.4. The molecule has 0 radical (unpaired) electrons. The van der Waals surface area contributed by atoms with E-state index in [2.05, 4.69) is 0 Å². The van der Waals surface area contributed by atoms with E-state index in [1.807, 2.05) is 30.3 Å². The SMILES string of the molecule is NC(=O)N(O)CC1C(c2ccccc2)C1(Cl)Cl. The average Bonchev–Trinajstić information content (AvgIpc) is 2.81. The molecule has 0 bridgehead atoms. The first-order valence-corrected chi connectivity index (χ1v) is 5.88. The molecule has 0 spiro atoms. The predicted octanol–water partition coefficient (Wildman–Crippen LogP) is 2.34. The average molecular weight is 275 g/mol. The summed E-state index contributed by atoms with van der Waals surface area (Å²) in [6.07, 6.45) is 0. The van der Waals surface area contributed by atoms with Crippen LogP contribution in [0.1, 0.15) is 11.5 Å². The molecule has 2 unspecified atom stereocenters. The lowest BCUT2D eigenvalue weighted by atomic mass is 10.1. The van der Waals surface area contributed by atoms with Gasteiger partial charge in [0.2, 0.25) is 0 Å². The predicted molar refractivity (Wildman–Crippen MR) is 65.2 cm³/mol. The van der Waals surface area contributed by atoms with Crippen LogP contribution in [0.25, 0.3) is 0 Å². The second kappa shape index (κ2) is 4.37. The smallest absolute Gasteiger partial charge is 0.338 e. The van der Waals surface area contributed by atoms with Gasteiger partial charge < -0.3 is 5.73 Å². The Morgan fingerprint density at radius 2 is 2.00 bits per heavy atom. The minimum atomic E-state index is -0.961. The molecule has 1 aromatic carbocycles. The first-order valence-electron chi connectivity index (χ1n) is 5.13. The zero-order chi connectivity index (χ0) is 12.6. The quantitative estimate of drug-likeness (QED) is 0.505. The molecule has 0 saturated heterocycles. The number of nitrogens with two attached hydrogens (primary N) is 1. The monoisotopic (exact) mass is 274 g/mol. The molecule has 3 N–H and O–H groups in total. The van der Waals surface area contributed by atoms with Gasteiger partial charge in [-0.1, -0.05) is 30.3 Å². The van der Waals surface area contributed by atoms with E-state index in [4.69, 9.17) is 28.9 Å². The number of primary amides is 1. The van der Waals surface area contributed by atoms with Gasteiger partial charge in [-0.05, 0) is 5.56 Å². The number of hydrogen-bond acceptors (Lipinski definition) is 2. The van der Waals surface area contributed by atoms with Gasteiger partial charge in [0.05, 0.1) is 6.54 Å². The number of rotatable bonds is 3. The number of halogens is 2. The van der Waals surface area contributed by atoms with Gasteiger partial charge in [-0.3, -0.25) is 5.21 Å². The maximum atomic E-state index is 10.7. The minimum absolute atomic E-state index is 0.0297. The van der Waals surface area contributed by atoms with Crippen molar-refractivity contribution in [2.45, 2.75) is 10.3 Å². The lowest BCUT2D eigenvalue weighted by Gasteiger charge is -2.11. The summed E-state index contributed by atoms with van der Waals surface area (Å²) in [6, 6.07) is 8.59. The molecule has 0 heterocycles. The van der Waals surface area contributed by atoms with Crippen LogP contribution in [0.4, 0.5) is 4.79 Å². The highest BCUT2D eigenvalue weighted by Crippen LogP contribution is 2.64. The van der Waals surface area contributed by atoms with Gasteiger partial charge >= 0.3 is 6.03 Å². The van der Waals surface area contributed by atoms with E-state index >= 15 is 0 Å². The summed E-state index contributed by atoms with van der Waals surface area (Å²) in [6.45, 7) is 0.0297. The van der Waals surface area contributed by atoms with Crippen LogP contribution < -0.4 is 5.73 Å². The van der Waals surface area contributed by atoms with Gasteiger partial charge in [-0.2, -0.15) is 0 Å². The molecular weight excluding hydrogens is 263 g/mol. The highest BCUT2D eigenvalue weighted by molar-refractivity contribution is 6.52. The van der Waals surface area contributed by atoms with E-state index in [1.54, 1.807) is 0 Å². The summed E-state index contributed by atoms with van der Waals surface area (Å²) in [5.74, 6) is -0.313. The number of benzene rings is 1. The Morgan fingerprint density at radius 3 is 2.53 bits per heavy atom. The molecule has 17 heavy (non-hydrogen) atoms. The number of carbonyl (C=O) groups is 1. The number of hydrogen-bond donors (Lipinski definition) is 2. The maximum absolute atomic E-state index is 10.7. The third-order valence-electron chi connectivity index (χ3n) is 2.98. The Hall–Kier alpha value is -0.970. The highest BCUT2D eigenvalue weighted by Gasteiger charge is 2.64. The van der Waals surface area contributed by atoms with E-state index in [0.717, 1.165) is 5.56 Å². The lowest BCUT2D eigenvalue weighted by Crippen LogP contribution is -2.34. The van der Waals surface area contributed by atoms with Crippen LogP contribution in [0.3, 0.4) is 0 Å². The van der Waals surface area contributed by atoms with Crippen molar-refractivity contribution in [3.05, 3.63) is 35.9 Å². The molecule has 1 fully saturated rings. The largest absolute Gasteiger partial charge is 0.350 e. The third kappa shape index (κ3) is 2.34. The first kappa shape index (κ1) is 12.5. The molecule has 92 valence electrons. The number of carbonyl (C=O) groups excluding carboxylic acids is 1. The van der Waals surface area contributed by atoms with E-state index < -0.39 is 10.4 Å². The minimum Gasteiger partial charge on any atom is -0.350 e. The molecule has 1 saturated carbocycles. The Morgan fingerprint density at radius 1 is 1.41 bits per heavy atom. The number of hydroxylamine groups is 2. The van der Waals surface area contributed by atoms with Crippen molar-refractivity contribution in [3.63, 3.8) is 0 Å². The van der Waals surface area contributed by atoms with Crippen molar-refractivity contribution in [1.82, 2.24) is 5.06 Å². The molecular formula is C11H12Cl2N2O2. The summed E-state index contributed by atoms with van der Waals surface area (Å²) < 4.78 is -0.961. The molecule has 4 nitrogen and oxygen atoms in total. The summed E-state index contributed by atoms with van der Waals surface area (Å²) in [5, 5.41) is 9.71. The molecule has 0 aliphatic heterocycles. The molecule has 2 amide bonds. The number of amides is 2. The zero-order valence-corrected chi connectivity index (χ0v) is 10.4. The Balaban J connectivity index is 2.09. The van der Waals surface area contributed by atoms with Crippen LogP contribution in [0.5, 0.6) is 0 Å². The second-order valence-electron chi connectivity index (χ2n) is 4.09. The van der Waals surface area contributed by atoms with E-state index in [-0.39, 0.29) is 18.4 Å². The highest BCUT2D eigenvalue weighted by atomic mass is 35.5. The second-order valence-corrected chi connectivity index (χ2v) is 5.53. The van der Waals surface area contributed by atoms with Crippen LogP contribution in [0.15, 0.2) is 30.3 Å². The molecule has 2 rings (SSSR count). The van der Waals surface area contributed by atoms with Gasteiger partial charge in [-0.25, -0.2) is 9.86 Å². The van der Waals surface area contributed by atoms with E-state index in [9.17, 15) is 10.0 Å². The van der Waals surface area contributed by atoms with Crippen molar-refractivity contribution in [2.24, 2.45) is 11.7 Å². The Labute approximate surface area is 109 Å². The van der Waals surface area contributed by atoms with Gasteiger partial charge in [0.15, 0.2) is 0 Å². The number of urea groups is 1. The van der Waals surface area contributed by atoms with Gasteiger partial charge in [0.1, 0.15) is 4.33 Å². The van der Waals surface area contributed by atoms with Crippen LogP contribution in [0, 0.1) is 5.92 Å². The Kier molecular flexibility index (Phi) is 3.21. The van der Waals surface area contributed by atoms with Crippen molar-refractivity contribution in [2.75, 3.05) is 6.54 Å². The fourth-order valence-electron chi connectivity index (χ4n) is 2.01. The van der Waals surface area contributed by atoms with Gasteiger partial charge in [0, 0.05) is 11.8 Å². The molecule has 6 heteroatoms. The summed E-state index contributed by atoms with van der Waals surface area (Å²) in [7, 11) is 0. The van der Waals surface area contributed by atoms with E-state index in [1.165, 1.54) is 0 Å². The third-order valence-corrected chi connectivity index (χ3v) is 4.02. The molecule has 1 aliphatic carbocycles. The van der Waals surface area contributed by atoms with Gasteiger partial charge in [-0.15, -0.1) is 23.2 Å². The Bertz CT molecular complexity index is 425. The van der Waals surface area contributed by atoms with Crippen LogP contribution in [0.2, 0.25) is 0 Å². The fourth-order valence-corrected chi connectivity index (χ4v) is 2.83. The fraction of sp³-hybridized carbons (Fsp3) is 0.364. The van der Waals surface area contributed by atoms with Crippen molar-refractivity contribution in [1.29, 1.82) is 0 Å². The first-order chi connectivity index (χ1) is 7.94.